The molecule has 0 aromatic carbocycles. The molecule has 2 rings (SSSR count). The molecule has 0 saturated carbocycles. The van der Waals surface area contributed by atoms with E-state index in [0.717, 1.165) is 25.9 Å². The molecule has 0 aromatic rings. The molecular weight excluding hydrogens is 244 g/mol. The minimum Gasteiger partial charge on any atom is -0.377 e. The zero-order chi connectivity index (χ0) is 14.0. The second-order valence-corrected chi connectivity index (χ2v) is 5.47. The first-order chi connectivity index (χ1) is 9.08. The number of carbonyl (C=O) groups is 2. The van der Waals surface area contributed by atoms with Gasteiger partial charge in [0, 0.05) is 18.7 Å². The fourth-order valence-corrected chi connectivity index (χ4v) is 3.03. The highest BCUT2D eigenvalue weighted by Crippen LogP contribution is 2.22. The third kappa shape index (κ3) is 2.82. The van der Waals surface area contributed by atoms with Crippen LogP contribution in [0.2, 0.25) is 0 Å². The third-order valence-corrected chi connectivity index (χ3v) is 4.28. The summed E-state index contributed by atoms with van der Waals surface area (Å²) in [7, 11) is 0. The van der Waals surface area contributed by atoms with Gasteiger partial charge in [0.15, 0.2) is 0 Å². The van der Waals surface area contributed by atoms with Gasteiger partial charge in [-0.25, -0.2) is 0 Å². The van der Waals surface area contributed by atoms with Crippen molar-refractivity contribution < 1.29 is 14.3 Å². The number of nitrogens with one attached hydrogen (secondary N) is 1. The number of likely N-dealkylation sites (tertiary alicyclic amines) is 1. The number of rotatable bonds is 5. The fourth-order valence-electron chi connectivity index (χ4n) is 3.03. The van der Waals surface area contributed by atoms with Crippen molar-refractivity contribution in [3.8, 4) is 0 Å². The van der Waals surface area contributed by atoms with E-state index in [9.17, 15) is 9.59 Å². The van der Waals surface area contributed by atoms with Crippen LogP contribution in [0.1, 0.15) is 46.5 Å². The predicted molar refractivity (Wildman–Crippen MR) is 71.6 cm³/mol. The van der Waals surface area contributed by atoms with Gasteiger partial charge in [-0.2, -0.15) is 0 Å². The van der Waals surface area contributed by atoms with Crippen LogP contribution in [0.3, 0.4) is 0 Å². The highest BCUT2D eigenvalue weighted by Gasteiger charge is 2.43. The average molecular weight is 268 g/mol. The summed E-state index contributed by atoms with van der Waals surface area (Å²) in [5.74, 6) is -0.0967. The van der Waals surface area contributed by atoms with Crippen molar-refractivity contribution in [2.24, 2.45) is 0 Å². The first-order valence-corrected chi connectivity index (χ1v) is 7.32. The molecule has 5 heteroatoms. The summed E-state index contributed by atoms with van der Waals surface area (Å²) in [5.41, 5.74) is 0. The van der Waals surface area contributed by atoms with Crippen molar-refractivity contribution in [2.75, 3.05) is 6.61 Å². The molecule has 108 valence electrons. The maximum atomic E-state index is 12.4. The Balaban J connectivity index is 2.01. The van der Waals surface area contributed by atoms with Crippen LogP contribution >= 0.6 is 0 Å². The number of hydrogen-bond donors (Lipinski definition) is 1. The van der Waals surface area contributed by atoms with Gasteiger partial charge in [-0.3, -0.25) is 19.8 Å². The zero-order valence-electron chi connectivity index (χ0n) is 12.0. The van der Waals surface area contributed by atoms with Gasteiger partial charge in [-0.15, -0.1) is 0 Å². The Hall–Kier alpha value is -0.940. The van der Waals surface area contributed by atoms with E-state index in [2.05, 4.69) is 5.32 Å². The summed E-state index contributed by atoms with van der Waals surface area (Å²) in [4.78, 5) is 25.9. The molecule has 19 heavy (non-hydrogen) atoms. The van der Waals surface area contributed by atoms with Crippen LogP contribution < -0.4 is 5.32 Å². The van der Waals surface area contributed by atoms with Gasteiger partial charge >= 0.3 is 0 Å². The second kappa shape index (κ2) is 6.01. The molecular formula is C14H24N2O3. The van der Waals surface area contributed by atoms with Gasteiger partial charge in [0.05, 0.1) is 18.6 Å². The first kappa shape index (κ1) is 14.5. The minimum atomic E-state index is -0.359. The number of imide groups is 1. The van der Waals surface area contributed by atoms with Crippen LogP contribution in [0.15, 0.2) is 0 Å². The molecule has 2 amide bonds. The Morgan fingerprint density at radius 3 is 2.58 bits per heavy atom. The Morgan fingerprint density at radius 1 is 1.37 bits per heavy atom. The molecule has 2 fully saturated rings. The van der Waals surface area contributed by atoms with Crippen molar-refractivity contribution in [3.05, 3.63) is 0 Å². The van der Waals surface area contributed by atoms with Gasteiger partial charge in [0.25, 0.3) is 0 Å². The zero-order valence-corrected chi connectivity index (χ0v) is 12.0. The summed E-state index contributed by atoms with van der Waals surface area (Å²) in [6.07, 6.45) is 2.96. The Labute approximate surface area is 114 Å². The molecule has 1 N–H and O–H groups in total. The third-order valence-electron chi connectivity index (χ3n) is 4.28. The van der Waals surface area contributed by atoms with E-state index < -0.39 is 0 Å². The summed E-state index contributed by atoms with van der Waals surface area (Å²) >= 11 is 0. The van der Waals surface area contributed by atoms with Crippen molar-refractivity contribution in [2.45, 2.75) is 70.7 Å². The van der Waals surface area contributed by atoms with Crippen molar-refractivity contribution in [3.63, 3.8) is 0 Å². The number of carbonyl (C=O) groups excluding carboxylic acids is 2. The Morgan fingerprint density at radius 2 is 2.05 bits per heavy atom. The van der Waals surface area contributed by atoms with Crippen LogP contribution in [0.4, 0.5) is 0 Å². The first-order valence-electron chi connectivity index (χ1n) is 7.32. The maximum absolute atomic E-state index is 12.4. The predicted octanol–water partition coefficient (Wildman–Crippen LogP) is 1.07. The number of ether oxygens (including phenoxy) is 1. The smallest absolute Gasteiger partial charge is 0.247 e. The summed E-state index contributed by atoms with van der Waals surface area (Å²) in [6.45, 7) is 6.76. The molecule has 3 unspecified atom stereocenters. The van der Waals surface area contributed by atoms with Crippen LogP contribution in [0.25, 0.3) is 0 Å². The summed E-state index contributed by atoms with van der Waals surface area (Å²) in [5, 5.41) is 3.30. The maximum Gasteiger partial charge on any atom is 0.247 e. The highest BCUT2D eigenvalue weighted by atomic mass is 16.5. The highest BCUT2D eigenvalue weighted by molar-refractivity contribution is 6.05. The van der Waals surface area contributed by atoms with Gasteiger partial charge in [0.1, 0.15) is 0 Å². The fraction of sp³-hybridized carbons (Fsp3) is 0.857. The molecule has 0 aliphatic carbocycles. The molecule has 2 aliphatic heterocycles. The van der Waals surface area contributed by atoms with Gasteiger partial charge < -0.3 is 4.74 Å². The molecule has 5 nitrogen and oxygen atoms in total. The topological polar surface area (TPSA) is 58.6 Å². The molecule has 0 aromatic heterocycles. The lowest BCUT2D eigenvalue weighted by molar-refractivity contribution is -0.141. The second-order valence-electron chi connectivity index (χ2n) is 5.47. The van der Waals surface area contributed by atoms with E-state index in [1.54, 1.807) is 0 Å². The molecule has 0 spiro atoms. The Kier molecular flexibility index (Phi) is 4.58. The average Bonchev–Trinajstić information content (AvgIpc) is 2.90. The number of hydrogen-bond acceptors (Lipinski definition) is 4. The van der Waals surface area contributed by atoms with Gasteiger partial charge in [-0.05, 0) is 26.2 Å². The number of amides is 2. The lowest BCUT2D eigenvalue weighted by Gasteiger charge is -2.25. The van der Waals surface area contributed by atoms with Crippen molar-refractivity contribution in [1.29, 1.82) is 0 Å². The normalized spacial score (nSPS) is 31.8. The minimum absolute atomic E-state index is 0.0391. The monoisotopic (exact) mass is 268 g/mol. The Bertz CT molecular complexity index is 355. The van der Waals surface area contributed by atoms with Crippen LogP contribution in [0, 0.1) is 0 Å². The van der Waals surface area contributed by atoms with E-state index in [0.29, 0.717) is 6.42 Å². The van der Waals surface area contributed by atoms with Gasteiger partial charge in [-0.1, -0.05) is 13.8 Å². The molecule has 0 bridgehead atoms. The SMILES string of the molecule is CCC(CC)N1C(=O)CC(NC2CCOC2C)C1=O. The lowest BCUT2D eigenvalue weighted by atomic mass is 10.1. The molecule has 2 aliphatic rings. The van der Waals surface area contributed by atoms with Crippen LogP contribution in [-0.4, -0.2) is 47.6 Å². The number of nitrogens with zero attached hydrogens (tertiary/aromatic N) is 1. The quantitative estimate of drug-likeness (QED) is 0.758. The molecule has 3 atom stereocenters. The van der Waals surface area contributed by atoms with Crippen molar-refractivity contribution >= 4 is 11.8 Å². The van der Waals surface area contributed by atoms with Crippen LogP contribution in [0.5, 0.6) is 0 Å². The van der Waals surface area contributed by atoms with E-state index >= 15 is 0 Å². The van der Waals surface area contributed by atoms with E-state index in [1.165, 1.54) is 4.90 Å². The summed E-state index contributed by atoms with van der Waals surface area (Å²) in [6, 6.07) is -0.130. The molecule has 2 heterocycles. The lowest BCUT2D eigenvalue weighted by Crippen LogP contribution is -2.48. The van der Waals surface area contributed by atoms with Crippen LogP contribution in [-0.2, 0) is 14.3 Å². The van der Waals surface area contributed by atoms with E-state index in [-0.39, 0.29) is 36.0 Å². The summed E-state index contributed by atoms with van der Waals surface area (Å²) < 4.78 is 5.48. The van der Waals surface area contributed by atoms with Crippen molar-refractivity contribution in [1.82, 2.24) is 10.2 Å². The molecule has 0 radical (unpaired) electrons. The van der Waals surface area contributed by atoms with Gasteiger partial charge in [0.2, 0.25) is 11.8 Å². The molecule has 2 saturated heterocycles. The van der Waals surface area contributed by atoms with E-state index in [1.807, 2.05) is 20.8 Å². The largest absolute Gasteiger partial charge is 0.377 e. The standard InChI is InChI=1S/C14H24N2O3/c1-4-10(5-2)16-13(17)8-12(14(16)18)15-11-6-7-19-9(11)3/h9-12,15H,4-8H2,1-3H3. The van der Waals surface area contributed by atoms with E-state index in [4.69, 9.17) is 4.74 Å².